The summed E-state index contributed by atoms with van der Waals surface area (Å²) in [6.07, 6.45) is 1.82. The van der Waals surface area contributed by atoms with Crippen molar-refractivity contribution < 1.29 is 17.7 Å². The Morgan fingerprint density at radius 3 is 2.55 bits per heavy atom. The van der Waals surface area contributed by atoms with Gasteiger partial charge in [0.05, 0.1) is 15.5 Å². The Morgan fingerprint density at radius 2 is 1.90 bits per heavy atom. The summed E-state index contributed by atoms with van der Waals surface area (Å²) in [7, 11) is -3.95. The summed E-state index contributed by atoms with van der Waals surface area (Å²) < 4.78 is 43.0. The van der Waals surface area contributed by atoms with Gasteiger partial charge >= 0.3 is 0 Å². The first-order valence-electron chi connectivity index (χ1n) is 9.14. The second-order valence-electron chi connectivity index (χ2n) is 6.93. The topological polar surface area (TPSA) is 107 Å². The van der Waals surface area contributed by atoms with E-state index >= 15 is 0 Å². The molecule has 160 valence electrons. The van der Waals surface area contributed by atoms with Gasteiger partial charge in [0.15, 0.2) is 4.96 Å². The maximum atomic E-state index is 13.1. The van der Waals surface area contributed by atoms with Crippen LogP contribution >= 0.6 is 11.3 Å². The summed E-state index contributed by atoms with van der Waals surface area (Å²) in [5.41, 5.74) is 2.41. The fourth-order valence-corrected chi connectivity index (χ4v) is 5.54. The van der Waals surface area contributed by atoms with Crippen LogP contribution in [0.4, 0.5) is 10.1 Å². The molecule has 0 spiro atoms. The predicted molar refractivity (Wildman–Crippen MR) is 115 cm³/mol. The van der Waals surface area contributed by atoms with Gasteiger partial charge in [0.2, 0.25) is 10.0 Å². The summed E-state index contributed by atoms with van der Waals surface area (Å²) >= 11 is 1.33. The maximum Gasteiger partial charge on any atom is 0.270 e. The number of hydrogen-bond donors (Lipinski definition) is 1. The number of hydrogen-bond acceptors (Lipinski definition) is 6. The number of nitrogens with zero attached hydrogens (tertiary/aromatic N) is 3. The number of nitro groups is 1. The minimum Gasteiger partial charge on any atom is -0.294 e. The van der Waals surface area contributed by atoms with E-state index < -0.39 is 14.9 Å². The zero-order chi connectivity index (χ0) is 22.3. The molecule has 0 aliphatic carbocycles. The molecule has 4 rings (SSSR count). The van der Waals surface area contributed by atoms with Crippen LogP contribution in [0.1, 0.15) is 16.1 Å². The van der Waals surface area contributed by atoms with Crippen LogP contribution < -0.4 is 4.72 Å². The smallest absolute Gasteiger partial charge is 0.270 e. The van der Waals surface area contributed by atoms with Gasteiger partial charge in [0.25, 0.3) is 5.69 Å². The van der Waals surface area contributed by atoms with Gasteiger partial charge in [-0.15, -0.1) is 0 Å². The summed E-state index contributed by atoms with van der Waals surface area (Å²) in [5.74, 6) is -0.325. The second-order valence-corrected chi connectivity index (χ2v) is 9.73. The van der Waals surface area contributed by atoms with Gasteiger partial charge in [-0.1, -0.05) is 17.4 Å². The molecular formula is C20H17FN4O4S2. The lowest BCUT2D eigenvalue weighted by Gasteiger charge is -2.09. The number of nitrogens with one attached hydrogen (secondary N) is 1. The van der Waals surface area contributed by atoms with Crippen LogP contribution in [-0.4, -0.2) is 22.7 Å². The SMILES string of the molecule is Cc1ccc([N+](=O)[O-])cc1S(=O)(=O)NCc1sc2nc(-c3ccc(F)cc3)cn2c1C. The van der Waals surface area contributed by atoms with Crippen molar-refractivity contribution in [2.75, 3.05) is 0 Å². The lowest BCUT2D eigenvalue weighted by molar-refractivity contribution is -0.385. The number of nitro benzene ring substituents is 1. The third-order valence-corrected chi connectivity index (χ3v) is 7.59. The second kappa shape index (κ2) is 7.84. The van der Waals surface area contributed by atoms with Gasteiger partial charge < -0.3 is 0 Å². The molecule has 0 radical (unpaired) electrons. The highest BCUT2D eigenvalue weighted by Gasteiger charge is 2.22. The van der Waals surface area contributed by atoms with Crippen molar-refractivity contribution in [3.05, 3.63) is 80.7 Å². The van der Waals surface area contributed by atoms with Crippen molar-refractivity contribution in [2.24, 2.45) is 0 Å². The lowest BCUT2D eigenvalue weighted by Crippen LogP contribution is -2.24. The standard InChI is InChI=1S/C20H17FN4O4S2/c1-12-3-8-16(25(26)27)9-19(12)31(28,29)22-10-18-13(2)24-11-17(23-20(24)30-18)14-4-6-15(21)7-5-14/h3-9,11,22H,10H2,1-2H3. The first-order chi connectivity index (χ1) is 14.7. The summed E-state index contributed by atoms with van der Waals surface area (Å²) in [6.45, 7) is 3.46. The van der Waals surface area contributed by atoms with Gasteiger partial charge in [-0.25, -0.2) is 22.5 Å². The van der Waals surface area contributed by atoms with Crippen LogP contribution in [0.2, 0.25) is 0 Å². The number of benzene rings is 2. The Hall–Kier alpha value is -3.15. The Balaban J connectivity index is 1.58. The molecule has 11 heteroatoms. The predicted octanol–water partition coefficient (Wildman–Crippen LogP) is 4.21. The van der Waals surface area contributed by atoms with Crippen molar-refractivity contribution in [3.63, 3.8) is 0 Å². The van der Waals surface area contributed by atoms with Crippen LogP contribution in [0, 0.1) is 29.8 Å². The quantitative estimate of drug-likeness (QED) is 0.343. The molecular weight excluding hydrogens is 443 g/mol. The van der Waals surface area contributed by atoms with Crippen molar-refractivity contribution in [1.82, 2.24) is 14.1 Å². The normalized spacial score (nSPS) is 11.8. The molecule has 4 aromatic rings. The highest BCUT2D eigenvalue weighted by atomic mass is 32.2. The van der Waals surface area contributed by atoms with Gasteiger partial charge in [-0.2, -0.15) is 0 Å². The minimum atomic E-state index is -3.95. The molecule has 0 unspecified atom stereocenters. The first-order valence-corrected chi connectivity index (χ1v) is 11.4. The molecule has 0 saturated carbocycles. The molecule has 0 atom stereocenters. The van der Waals surface area contributed by atoms with Crippen LogP contribution in [-0.2, 0) is 16.6 Å². The van der Waals surface area contributed by atoms with E-state index in [9.17, 15) is 22.9 Å². The third kappa shape index (κ3) is 4.07. The molecule has 0 bridgehead atoms. The minimum absolute atomic E-state index is 0.0240. The average Bonchev–Trinajstić information content (AvgIpc) is 3.26. The molecule has 2 aromatic carbocycles. The van der Waals surface area contributed by atoms with Crippen molar-refractivity contribution >= 4 is 32.0 Å². The summed E-state index contributed by atoms with van der Waals surface area (Å²) in [4.78, 5) is 16.2. The number of fused-ring (bicyclic) bond motifs is 1. The number of thiazole rings is 1. The van der Waals surface area contributed by atoms with Crippen molar-refractivity contribution in [1.29, 1.82) is 0 Å². The number of aryl methyl sites for hydroxylation is 2. The molecule has 0 aliphatic rings. The van der Waals surface area contributed by atoms with Crippen LogP contribution in [0.5, 0.6) is 0 Å². The molecule has 8 nitrogen and oxygen atoms in total. The summed E-state index contributed by atoms with van der Waals surface area (Å²) in [6, 6.07) is 9.76. The Kier molecular flexibility index (Phi) is 5.33. The number of halogens is 1. The van der Waals surface area contributed by atoms with E-state index in [0.29, 0.717) is 16.2 Å². The van der Waals surface area contributed by atoms with Crippen molar-refractivity contribution in [2.45, 2.75) is 25.3 Å². The first kappa shape index (κ1) is 21.1. The molecule has 0 saturated heterocycles. The van der Waals surface area contributed by atoms with Gasteiger partial charge in [0, 0.05) is 41.0 Å². The van der Waals surface area contributed by atoms with E-state index in [1.807, 2.05) is 17.5 Å². The highest BCUT2D eigenvalue weighted by Crippen LogP contribution is 2.28. The Morgan fingerprint density at radius 1 is 1.19 bits per heavy atom. The van der Waals surface area contributed by atoms with E-state index in [1.54, 1.807) is 19.1 Å². The monoisotopic (exact) mass is 460 g/mol. The molecule has 1 N–H and O–H groups in total. The number of imidazole rings is 1. The third-order valence-electron chi connectivity index (χ3n) is 4.89. The van der Waals surface area contributed by atoms with Crippen LogP contribution in [0.15, 0.2) is 53.6 Å². The summed E-state index contributed by atoms with van der Waals surface area (Å²) in [5, 5.41) is 11.0. The van der Waals surface area contributed by atoms with E-state index in [-0.39, 0.29) is 22.9 Å². The lowest BCUT2D eigenvalue weighted by atomic mass is 10.2. The van der Waals surface area contributed by atoms with Gasteiger partial charge in [-0.3, -0.25) is 14.5 Å². The highest BCUT2D eigenvalue weighted by molar-refractivity contribution is 7.89. The zero-order valence-electron chi connectivity index (χ0n) is 16.5. The molecule has 2 heterocycles. The van der Waals surface area contributed by atoms with E-state index in [4.69, 9.17) is 0 Å². The van der Waals surface area contributed by atoms with Crippen LogP contribution in [0.3, 0.4) is 0 Å². The molecule has 0 fully saturated rings. The van der Waals surface area contributed by atoms with Gasteiger partial charge in [-0.05, 0) is 43.7 Å². The Bertz CT molecular complexity index is 1410. The molecule has 31 heavy (non-hydrogen) atoms. The van der Waals surface area contributed by atoms with Crippen LogP contribution in [0.25, 0.3) is 16.2 Å². The van der Waals surface area contributed by atoms with E-state index in [2.05, 4.69) is 9.71 Å². The zero-order valence-corrected chi connectivity index (χ0v) is 18.1. The number of non-ortho nitro benzene ring substituents is 1. The molecule has 0 amide bonds. The maximum absolute atomic E-state index is 13.1. The molecule has 2 aromatic heterocycles. The number of aromatic nitrogens is 2. The van der Waals surface area contributed by atoms with E-state index in [0.717, 1.165) is 22.2 Å². The fourth-order valence-electron chi connectivity index (χ4n) is 3.15. The van der Waals surface area contributed by atoms with E-state index in [1.165, 1.54) is 35.6 Å². The Labute approximate surface area is 181 Å². The number of rotatable bonds is 6. The van der Waals surface area contributed by atoms with Gasteiger partial charge in [0.1, 0.15) is 5.82 Å². The largest absolute Gasteiger partial charge is 0.294 e. The molecule has 0 aliphatic heterocycles. The fraction of sp³-hybridized carbons (Fsp3) is 0.150. The number of sulfonamides is 1. The average molecular weight is 461 g/mol. The van der Waals surface area contributed by atoms with Crippen molar-refractivity contribution in [3.8, 4) is 11.3 Å².